The van der Waals surface area contributed by atoms with E-state index in [1.165, 1.54) is 25.1 Å². The first-order valence-corrected chi connectivity index (χ1v) is 9.02. The number of hydrogen-bond acceptors (Lipinski definition) is 2. The number of aromatic nitrogens is 2. The molecular weight excluding hydrogens is 300 g/mol. The summed E-state index contributed by atoms with van der Waals surface area (Å²) >= 11 is 0. The minimum atomic E-state index is -0.0995. The summed E-state index contributed by atoms with van der Waals surface area (Å²) in [4.78, 5) is 16.7. The van der Waals surface area contributed by atoms with Crippen LogP contribution >= 0.6 is 0 Å². The molecule has 1 aromatic heterocycles. The zero-order valence-corrected chi connectivity index (χ0v) is 13.9. The highest BCUT2D eigenvalue weighted by atomic mass is 16.2. The van der Waals surface area contributed by atoms with E-state index < -0.39 is 0 Å². The van der Waals surface area contributed by atoms with Gasteiger partial charge in [0.05, 0.1) is 11.9 Å². The second kappa shape index (κ2) is 6.67. The zero-order valence-electron chi connectivity index (χ0n) is 13.9. The summed E-state index contributed by atoms with van der Waals surface area (Å²) in [6.07, 6.45) is 10.1. The molecule has 0 saturated heterocycles. The molecule has 126 valence electrons. The number of hydrogen-bond donors (Lipinski definition) is 2. The van der Waals surface area contributed by atoms with E-state index >= 15 is 0 Å². The Morgan fingerprint density at radius 1 is 1.17 bits per heavy atom. The largest absolute Gasteiger partial charge is 0.335 e. The highest BCUT2D eigenvalue weighted by Crippen LogP contribution is 2.27. The Hall–Kier alpha value is -2.30. The van der Waals surface area contributed by atoms with Crippen molar-refractivity contribution in [3.05, 3.63) is 36.3 Å². The van der Waals surface area contributed by atoms with Crippen LogP contribution in [0.25, 0.3) is 11.3 Å². The van der Waals surface area contributed by atoms with Crippen LogP contribution in [0.2, 0.25) is 0 Å². The van der Waals surface area contributed by atoms with Crippen LogP contribution < -0.4 is 10.6 Å². The number of nitrogens with one attached hydrogen (secondary N) is 2. The molecule has 2 heterocycles. The number of rotatable bonds is 3. The average molecular weight is 324 g/mol. The predicted octanol–water partition coefficient (Wildman–Crippen LogP) is 3.95. The smallest absolute Gasteiger partial charge is 0.319 e. The summed E-state index contributed by atoms with van der Waals surface area (Å²) in [5, 5.41) is 6.08. The number of nitrogens with zero attached hydrogens (tertiary/aromatic N) is 2. The molecule has 1 fully saturated rings. The van der Waals surface area contributed by atoms with Crippen molar-refractivity contribution in [3.8, 4) is 11.3 Å². The third kappa shape index (κ3) is 3.16. The molecule has 0 atom stereocenters. The van der Waals surface area contributed by atoms with Crippen molar-refractivity contribution in [2.75, 3.05) is 5.32 Å². The van der Waals surface area contributed by atoms with Gasteiger partial charge in [-0.3, -0.25) is 0 Å². The van der Waals surface area contributed by atoms with Crippen molar-refractivity contribution < 1.29 is 4.79 Å². The quantitative estimate of drug-likeness (QED) is 0.898. The number of anilines is 1. The SMILES string of the molecule is O=C(Nc1cccc(-c2cnc3n2CCC3)c1)NC1CCCCC1. The number of fused-ring (bicyclic) bond motifs is 1. The van der Waals surface area contributed by atoms with Gasteiger partial charge in [0.2, 0.25) is 0 Å². The number of aryl methyl sites for hydroxylation is 1. The number of amides is 2. The van der Waals surface area contributed by atoms with E-state index in [4.69, 9.17) is 0 Å². The number of imidazole rings is 1. The molecule has 2 amide bonds. The molecule has 0 unspecified atom stereocenters. The van der Waals surface area contributed by atoms with Crippen LogP contribution in [0, 0.1) is 0 Å². The van der Waals surface area contributed by atoms with E-state index in [1.54, 1.807) is 0 Å². The van der Waals surface area contributed by atoms with Gasteiger partial charge < -0.3 is 15.2 Å². The van der Waals surface area contributed by atoms with Crippen molar-refractivity contribution in [1.29, 1.82) is 0 Å². The van der Waals surface area contributed by atoms with Crippen LogP contribution in [0.1, 0.15) is 44.3 Å². The van der Waals surface area contributed by atoms with Gasteiger partial charge in [-0.2, -0.15) is 0 Å². The fourth-order valence-corrected chi connectivity index (χ4v) is 3.84. The fourth-order valence-electron chi connectivity index (χ4n) is 3.84. The molecule has 0 spiro atoms. The average Bonchev–Trinajstić information content (AvgIpc) is 3.19. The minimum absolute atomic E-state index is 0.0995. The first-order valence-electron chi connectivity index (χ1n) is 9.02. The maximum atomic E-state index is 12.2. The molecule has 2 N–H and O–H groups in total. The Kier molecular flexibility index (Phi) is 4.24. The van der Waals surface area contributed by atoms with Crippen LogP contribution in [0.5, 0.6) is 0 Å². The lowest BCUT2D eigenvalue weighted by molar-refractivity contribution is 0.244. The van der Waals surface area contributed by atoms with Crippen LogP contribution in [0.3, 0.4) is 0 Å². The van der Waals surface area contributed by atoms with Crippen molar-refractivity contribution in [2.24, 2.45) is 0 Å². The van der Waals surface area contributed by atoms with Crippen molar-refractivity contribution >= 4 is 11.7 Å². The maximum absolute atomic E-state index is 12.2. The molecule has 2 aliphatic rings. The molecule has 0 radical (unpaired) electrons. The molecule has 24 heavy (non-hydrogen) atoms. The standard InChI is InChI=1S/C19H24N4O/c24-19(21-15-7-2-1-3-8-15)22-16-9-4-6-14(12-16)17-13-20-18-10-5-11-23(17)18/h4,6,9,12-13,15H,1-3,5,7-8,10-11H2,(H2,21,22,24). The predicted molar refractivity (Wildman–Crippen MR) is 95.0 cm³/mol. The summed E-state index contributed by atoms with van der Waals surface area (Å²) in [6.45, 7) is 1.03. The van der Waals surface area contributed by atoms with Crippen molar-refractivity contribution in [3.63, 3.8) is 0 Å². The molecule has 1 aliphatic carbocycles. The molecule has 4 rings (SSSR count). The van der Waals surface area contributed by atoms with E-state index in [2.05, 4.69) is 26.3 Å². The van der Waals surface area contributed by atoms with Gasteiger partial charge in [-0.25, -0.2) is 9.78 Å². The van der Waals surface area contributed by atoms with Crippen LogP contribution in [-0.2, 0) is 13.0 Å². The second-order valence-electron chi connectivity index (χ2n) is 6.83. The first kappa shape index (κ1) is 15.2. The lowest BCUT2D eigenvalue weighted by Gasteiger charge is -2.22. The van der Waals surface area contributed by atoms with Crippen LogP contribution in [0.4, 0.5) is 10.5 Å². The van der Waals surface area contributed by atoms with Gasteiger partial charge in [-0.05, 0) is 31.4 Å². The van der Waals surface area contributed by atoms with Gasteiger partial charge in [0.15, 0.2) is 0 Å². The molecule has 2 aromatic rings. The zero-order chi connectivity index (χ0) is 16.4. The molecule has 1 aliphatic heterocycles. The van der Waals surface area contributed by atoms with Gasteiger partial charge >= 0.3 is 6.03 Å². The van der Waals surface area contributed by atoms with E-state index in [0.29, 0.717) is 6.04 Å². The molecule has 0 bridgehead atoms. The summed E-state index contributed by atoms with van der Waals surface area (Å²) in [7, 11) is 0. The topological polar surface area (TPSA) is 59.0 Å². The first-order chi connectivity index (χ1) is 11.8. The van der Waals surface area contributed by atoms with Crippen LogP contribution in [0.15, 0.2) is 30.5 Å². The third-order valence-electron chi connectivity index (χ3n) is 5.08. The molecule has 5 heteroatoms. The summed E-state index contributed by atoms with van der Waals surface area (Å²) < 4.78 is 2.28. The summed E-state index contributed by atoms with van der Waals surface area (Å²) in [5.41, 5.74) is 3.07. The van der Waals surface area contributed by atoms with Gasteiger partial charge in [0.25, 0.3) is 0 Å². The van der Waals surface area contributed by atoms with Crippen molar-refractivity contribution in [2.45, 2.75) is 57.5 Å². The maximum Gasteiger partial charge on any atom is 0.319 e. The van der Waals surface area contributed by atoms with E-state index in [0.717, 1.165) is 49.2 Å². The number of urea groups is 1. The lowest BCUT2D eigenvalue weighted by Crippen LogP contribution is -2.39. The van der Waals surface area contributed by atoms with Crippen LogP contribution in [-0.4, -0.2) is 21.6 Å². The monoisotopic (exact) mass is 324 g/mol. The normalized spacial score (nSPS) is 17.5. The molecule has 1 saturated carbocycles. The number of carbonyl (C=O) groups excluding carboxylic acids is 1. The Morgan fingerprint density at radius 2 is 2.04 bits per heavy atom. The Labute approximate surface area is 142 Å². The lowest BCUT2D eigenvalue weighted by atomic mass is 9.96. The Morgan fingerprint density at radius 3 is 2.92 bits per heavy atom. The summed E-state index contributed by atoms with van der Waals surface area (Å²) in [5.74, 6) is 1.17. The highest BCUT2D eigenvalue weighted by molar-refractivity contribution is 5.90. The molecular formula is C19H24N4O. The second-order valence-corrected chi connectivity index (χ2v) is 6.83. The van der Waals surface area contributed by atoms with Gasteiger partial charge in [0, 0.05) is 30.3 Å². The van der Waals surface area contributed by atoms with Gasteiger partial charge in [0.1, 0.15) is 5.82 Å². The Bertz CT molecular complexity index is 731. The van der Waals surface area contributed by atoms with E-state index in [9.17, 15) is 4.79 Å². The summed E-state index contributed by atoms with van der Waals surface area (Å²) in [6, 6.07) is 8.25. The van der Waals surface area contributed by atoms with Crippen molar-refractivity contribution in [1.82, 2.24) is 14.9 Å². The molecule has 1 aromatic carbocycles. The fraction of sp³-hybridized carbons (Fsp3) is 0.474. The minimum Gasteiger partial charge on any atom is -0.335 e. The highest BCUT2D eigenvalue weighted by Gasteiger charge is 2.18. The third-order valence-corrected chi connectivity index (χ3v) is 5.08. The van der Waals surface area contributed by atoms with E-state index in [1.807, 2.05) is 24.4 Å². The number of carbonyl (C=O) groups is 1. The van der Waals surface area contributed by atoms with Gasteiger partial charge in [-0.15, -0.1) is 0 Å². The number of benzene rings is 1. The Balaban J connectivity index is 1.45. The molecule has 5 nitrogen and oxygen atoms in total. The van der Waals surface area contributed by atoms with Gasteiger partial charge in [-0.1, -0.05) is 31.4 Å². The van der Waals surface area contributed by atoms with E-state index in [-0.39, 0.29) is 6.03 Å².